The predicted molar refractivity (Wildman–Crippen MR) is 133 cm³/mol. The molecular weight excluding hydrogens is 501 g/mol. The average molecular weight is 529 g/mol. The Labute approximate surface area is 217 Å². The largest absolute Gasteiger partial charge is 0.439 e. The number of hydrogen-bond donors (Lipinski definition) is 2. The Bertz CT molecular complexity index is 1350. The van der Waals surface area contributed by atoms with Gasteiger partial charge in [-0.05, 0) is 48.7 Å². The molecule has 1 unspecified atom stereocenters. The van der Waals surface area contributed by atoms with Crippen LogP contribution in [0.25, 0.3) is 0 Å². The minimum atomic E-state index is -4.77. The monoisotopic (exact) mass is 528 g/mol. The summed E-state index contributed by atoms with van der Waals surface area (Å²) in [5.74, 6) is 0.0515. The van der Waals surface area contributed by atoms with E-state index >= 15 is 0 Å². The Morgan fingerprint density at radius 3 is 2.76 bits per heavy atom. The topological polar surface area (TPSA) is 101 Å². The van der Waals surface area contributed by atoms with Crippen LogP contribution in [0, 0.1) is 0 Å². The smallest absolute Gasteiger partial charge is 0.416 e. The molecule has 5 rings (SSSR count). The van der Waals surface area contributed by atoms with E-state index in [0.29, 0.717) is 18.7 Å². The summed E-state index contributed by atoms with van der Waals surface area (Å²) in [6.07, 6.45) is -3.42. The molecule has 0 radical (unpaired) electrons. The van der Waals surface area contributed by atoms with E-state index < -0.39 is 23.9 Å². The third-order valence-electron chi connectivity index (χ3n) is 7.04. The Balaban J connectivity index is 1.53. The Kier molecular flexibility index (Phi) is 6.82. The number of aromatic nitrogens is 3. The van der Waals surface area contributed by atoms with Gasteiger partial charge < -0.3 is 19.9 Å². The highest BCUT2D eigenvalue weighted by Crippen LogP contribution is 2.46. The van der Waals surface area contributed by atoms with Crippen molar-refractivity contribution in [3.63, 3.8) is 0 Å². The maximum atomic E-state index is 14.3. The maximum absolute atomic E-state index is 14.3. The fraction of sp³-hybridized carbons (Fsp3) is 0.385. The molecule has 3 aromatic rings. The summed E-state index contributed by atoms with van der Waals surface area (Å²) in [4.78, 5) is 26.2. The van der Waals surface area contributed by atoms with Gasteiger partial charge in [0, 0.05) is 43.0 Å². The van der Waals surface area contributed by atoms with E-state index in [1.807, 2.05) is 20.0 Å². The van der Waals surface area contributed by atoms with Crippen LogP contribution in [0.15, 0.2) is 42.7 Å². The van der Waals surface area contributed by atoms with E-state index in [9.17, 15) is 22.8 Å². The molecule has 2 aromatic carbocycles. The number of ether oxygens (including phenoxy) is 1. The molecule has 200 valence electrons. The van der Waals surface area contributed by atoms with Crippen molar-refractivity contribution in [3.05, 3.63) is 70.8 Å². The van der Waals surface area contributed by atoms with Crippen molar-refractivity contribution in [3.8, 4) is 0 Å². The standard InChI is InChI=1S/C26H27F3N6O3/c1-15(8-22-33-31-13-34(22)2)16-4-3-5-19(9-16)35-24(37)20-10-18(32-17-6-7-30-12-17)11-21(26(27,28)29)23(20)25(35)38-14-36/h3-5,9-11,13-15,17,25,30,32H,6-8,12H2,1-2H3/t15-,17+,25?/m1/s1. The second-order valence-corrected chi connectivity index (χ2v) is 9.63. The lowest BCUT2D eigenvalue weighted by Gasteiger charge is -2.26. The molecule has 1 amide bonds. The first-order valence-electron chi connectivity index (χ1n) is 12.2. The van der Waals surface area contributed by atoms with E-state index in [1.54, 1.807) is 29.1 Å². The number of fused-ring (bicyclic) bond motifs is 1. The molecular formula is C26H27F3N6O3. The summed E-state index contributed by atoms with van der Waals surface area (Å²) in [6.45, 7) is 3.40. The van der Waals surface area contributed by atoms with Gasteiger partial charge in [-0.3, -0.25) is 14.5 Å². The average Bonchev–Trinajstić information content (AvgIpc) is 3.60. The number of hydrogen-bond acceptors (Lipinski definition) is 7. The molecule has 0 aliphatic carbocycles. The van der Waals surface area contributed by atoms with Crippen LogP contribution in [0.3, 0.4) is 0 Å². The van der Waals surface area contributed by atoms with Crippen LogP contribution in [0.1, 0.15) is 58.4 Å². The van der Waals surface area contributed by atoms with Crippen LogP contribution in [-0.4, -0.2) is 46.3 Å². The van der Waals surface area contributed by atoms with Crippen molar-refractivity contribution in [2.45, 2.75) is 44.1 Å². The highest BCUT2D eigenvalue weighted by atomic mass is 19.4. The number of halogens is 3. The van der Waals surface area contributed by atoms with Crippen molar-refractivity contribution in [1.29, 1.82) is 0 Å². The molecule has 3 atom stereocenters. The molecule has 0 spiro atoms. The quantitative estimate of drug-likeness (QED) is 0.429. The zero-order valence-corrected chi connectivity index (χ0v) is 20.8. The number of nitrogens with one attached hydrogen (secondary N) is 2. The molecule has 1 saturated heterocycles. The molecule has 12 heteroatoms. The Morgan fingerprint density at radius 2 is 2.11 bits per heavy atom. The summed E-state index contributed by atoms with van der Waals surface area (Å²) in [5, 5.41) is 14.2. The van der Waals surface area contributed by atoms with E-state index in [1.165, 1.54) is 6.07 Å². The van der Waals surface area contributed by atoms with Crippen LogP contribution in [0.2, 0.25) is 0 Å². The Morgan fingerprint density at radius 1 is 1.29 bits per heavy atom. The van der Waals surface area contributed by atoms with Gasteiger partial charge in [0.15, 0.2) is 0 Å². The highest BCUT2D eigenvalue weighted by Gasteiger charge is 2.47. The van der Waals surface area contributed by atoms with Gasteiger partial charge in [0.05, 0.1) is 11.1 Å². The molecule has 0 saturated carbocycles. The summed E-state index contributed by atoms with van der Waals surface area (Å²) in [6, 6.07) is 9.25. The third kappa shape index (κ3) is 4.83. The second kappa shape index (κ2) is 10.1. The van der Waals surface area contributed by atoms with Crippen LogP contribution < -0.4 is 15.5 Å². The summed E-state index contributed by atoms with van der Waals surface area (Å²) in [7, 11) is 1.84. The van der Waals surface area contributed by atoms with Gasteiger partial charge in [0.25, 0.3) is 12.4 Å². The fourth-order valence-corrected chi connectivity index (χ4v) is 5.09. The zero-order valence-electron chi connectivity index (χ0n) is 20.8. The highest BCUT2D eigenvalue weighted by molar-refractivity contribution is 6.12. The fourth-order valence-electron chi connectivity index (χ4n) is 5.09. The number of rotatable bonds is 8. The lowest BCUT2D eigenvalue weighted by molar-refractivity contribution is -0.142. The minimum Gasteiger partial charge on any atom is -0.439 e. The minimum absolute atomic E-state index is 0.0371. The summed E-state index contributed by atoms with van der Waals surface area (Å²) >= 11 is 0. The van der Waals surface area contributed by atoms with Crippen molar-refractivity contribution in [2.24, 2.45) is 7.05 Å². The number of aryl methyl sites for hydroxylation is 1. The molecule has 38 heavy (non-hydrogen) atoms. The lowest BCUT2D eigenvalue weighted by atomic mass is 9.96. The lowest BCUT2D eigenvalue weighted by Crippen LogP contribution is -2.29. The molecule has 2 aliphatic heterocycles. The molecule has 2 N–H and O–H groups in total. The Hall–Kier alpha value is -3.93. The number of carbonyl (C=O) groups is 2. The summed E-state index contributed by atoms with van der Waals surface area (Å²) in [5.41, 5.74) is -0.192. The third-order valence-corrected chi connectivity index (χ3v) is 7.04. The van der Waals surface area contributed by atoms with Gasteiger partial charge in [-0.2, -0.15) is 13.2 Å². The van der Waals surface area contributed by atoms with E-state index in [4.69, 9.17) is 4.74 Å². The first-order chi connectivity index (χ1) is 18.2. The molecule has 1 aromatic heterocycles. The normalized spacial score (nSPS) is 19.9. The number of alkyl halides is 3. The molecule has 0 bridgehead atoms. The van der Waals surface area contributed by atoms with E-state index in [-0.39, 0.29) is 35.2 Å². The predicted octanol–water partition coefficient (Wildman–Crippen LogP) is 3.79. The van der Waals surface area contributed by atoms with Gasteiger partial charge in [0.2, 0.25) is 6.23 Å². The van der Waals surface area contributed by atoms with Crippen LogP contribution in [-0.2, 0) is 29.2 Å². The van der Waals surface area contributed by atoms with Crippen molar-refractivity contribution < 1.29 is 27.5 Å². The van der Waals surface area contributed by atoms with E-state index in [2.05, 4.69) is 20.8 Å². The van der Waals surface area contributed by atoms with Gasteiger partial charge in [0.1, 0.15) is 12.2 Å². The van der Waals surface area contributed by atoms with Gasteiger partial charge in [-0.1, -0.05) is 19.1 Å². The van der Waals surface area contributed by atoms with Crippen LogP contribution in [0.5, 0.6) is 0 Å². The second-order valence-electron chi connectivity index (χ2n) is 9.63. The maximum Gasteiger partial charge on any atom is 0.416 e. The number of nitrogens with zero attached hydrogens (tertiary/aromatic N) is 4. The molecule has 2 aliphatic rings. The first kappa shape index (κ1) is 25.7. The van der Waals surface area contributed by atoms with Gasteiger partial charge >= 0.3 is 6.18 Å². The summed E-state index contributed by atoms with van der Waals surface area (Å²) < 4.78 is 49.7. The molecule has 3 heterocycles. The molecule has 1 fully saturated rings. The van der Waals surface area contributed by atoms with Crippen LogP contribution in [0.4, 0.5) is 24.5 Å². The number of amides is 1. The van der Waals surface area contributed by atoms with Gasteiger partial charge in [-0.15, -0.1) is 10.2 Å². The molecule has 9 nitrogen and oxygen atoms in total. The van der Waals surface area contributed by atoms with Crippen molar-refractivity contribution >= 4 is 23.8 Å². The van der Waals surface area contributed by atoms with Gasteiger partial charge in [-0.25, -0.2) is 0 Å². The SMILES string of the molecule is C[C@H](Cc1nncn1C)c1cccc(N2C(=O)c3cc(N[C@H]4CCNC4)cc(C(F)(F)F)c3C2OC=O)c1. The number of benzene rings is 2. The number of anilines is 2. The van der Waals surface area contributed by atoms with Crippen LogP contribution >= 0.6 is 0 Å². The zero-order chi connectivity index (χ0) is 27.0. The first-order valence-corrected chi connectivity index (χ1v) is 12.2. The van der Waals surface area contributed by atoms with Crippen molar-refractivity contribution in [2.75, 3.05) is 23.3 Å². The number of carbonyl (C=O) groups excluding carboxylic acids is 2. The van der Waals surface area contributed by atoms with Crippen molar-refractivity contribution in [1.82, 2.24) is 20.1 Å². The van der Waals surface area contributed by atoms with E-state index in [0.717, 1.165) is 35.3 Å².